The Hall–Kier alpha value is -3.16. The summed E-state index contributed by atoms with van der Waals surface area (Å²) in [5.41, 5.74) is 0.625. The molecule has 1 aromatic carbocycles. The van der Waals surface area contributed by atoms with Crippen molar-refractivity contribution in [3.8, 4) is 5.75 Å². The van der Waals surface area contributed by atoms with E-state index in [1.165, 1.54) is 10.7 Å². The molecule has 0 saturated carbocycles. The van der Waals surface area contributed by atoms with Gasteiger partial charge in [0.1, 0.15) is 17.1 Å². The summed E-state index contributed by atoms with van der Waals surface area (Å²) < 4.78 is 6.53. The summed E-state index contributed by atoms with van der Waals surface area (Å²) in [7, 11) is 1.62. The number of ether oxygens (including phenoxy) is 1. The molecular weight excluding hydrogens is 346 g/mol. The molecule has 140 valence electrons. The van der Waals surface area contributed by atoms with Crippen LogP contribution in [0.1, 0.15) is 47.1 Å². The van der Waals surface area contributed by atoms with Crippen molar-refractivity contribution in [1.82, 2.24) is 24.5 Å². The fourth-order valence-electron chi connectivity index (χ4n) is 3.63. The predicted molar refractivity (Wildman–Crippen MR) is 99.0 cm³/mol. The Labute approximate surface area is 155 Å². The van der Waals surface area contributed by atoms with Crippen molar-refractivity contribution in [2.24, 2.45) is 0 Å². The highest BCUT2D eigenvalue weighted by Gasteiger charge is 2.31. The SMILES string of the molecule is COc1cccc([C@H]2CCCCN2C(=O)c2cnc3nc(C)[nH]n3c2=O)c1. The molecule has 1 N–H and O–H groups in total. The van der Waals surface area contributed by atoms with Gasteiger partial charge in [-0.15, -0.1) is 0 Å². The predicted octanol–water partition coefficient (Wildman–Crippen LogP) is 2.10. The third-order valence-electron chi connectivity index (χ3n) is 4.96. The lowest BCUT2D eigenvalue weighted by Crippen LogP contribution is -2.41. The van der Waals surface area contributed by atoms with Gasteiger partial charge in [-0.1, -0.05) is 12.1 Å². The number of aromatic amines is 1. The molecule has 0 unspecified atom stereocenters. The first-order chi connectivity index (χ1) is 13.1. The van der Waals surface area contributed by atoms with Crippen LogP contribution in [0.4, 0.5) is 0 Å². The number of hydrogen-bond acceptors (Lipinski definition) is 5. The number of H-pyrrole nitrogens is 1. The molecule has 0 spiro atoms. The first kappa shape index (κ1) is 17.3. The second-order valence-electron chi connectivity index (χ2n) is 6.71. The fourth-order valence-corrected chi connectivity index (χ4v) is 3.63. The molecule has 0 radical (unpaired) electrons. The van der Waals surface area contributed by atoms with Crippen LogP contribution in [-0.4, -0.2) is 44.0 Å². The van der Waals surface area contributed by atoms with E-state index in [2.05, 4.69) is 15.1 Å². The number of aryl methyl sites for hydroxylation is 1. The van der Waals surface area contributed by atoms with E-state index in [1.54, 1.807) is 18.9 Å². The minimum Gasteiger partial charge on any atom is -0.497 e. The van der Waals surface area contributed by atoms with E-state index in [1.807, 2.05) is 24.3 Å². The Morgan fingerprint density at radius 2 is 2.19 bits per heavy atom. The minimum atomic E-state index is -0.430. The summed E-state index contributed by atoms with van der Waals surface area (Å²) in [6, 6.07) is 7.64. The highest BCUT2D eigenvalue weighted by atomic mass is 16.5. The average molecular weight is 367 g/mol. The fraction of sp³-hybridized carbons (Fsp3) is 0.368. The standard InChI is InChI=1S/C19H21N5O3/c1-12-21-19-20-11-15(18(26)24(19)22-12)17(25)23-9-4-3-8-16(23)13-6-5-7-14(10-13)27-2/h5-7,10-11,16H,3-4,8-9H2,1-2H3,(H,20,21,22)/t16-/m1/s1. The number of piperidine rings is 1. The van der Waals surface area contributed by atoms with Crippen LogP contribution in [0, 0.1) is 6.92 Å². The summed E-state index contributed by atoms with van der Waals surface area (Å²) in [6.07, 6.45) is 4.12. The smallest absolute Gasteiger partial charge is 0.286 e. The van der Waals surface area contributed by atoms with Gasteiger partial charge in [0.15, 0.2) is 0 Å². The molecule has 1 atom stereocenters. The van der Waals surface area contributed by atoms with Gasteiger partial charge in [0.05, 0.1) is 13.2 Å². The number of aromatic nitrogens is 4. The molecule has 1 aliphatic rings. The van der Waals surface area contributed by atoms with Crippen molar-refractivity contribution < 1.29 is 9.53 Å². The molecule has 8 nitrogen and oxygen atoms in total. The van der Waals surface area contributed by atoms with Gasteiger partial charge in [0.2, 0.25) is 0 Å². The summed E-state index contributed by atoms with van der Waals surface area (Å²) in [5.74, 6) is 1.27. The molecular formula is C19H21N5O3. The number of carbonyl (C=O) groups excluding carboxylic acids is 1. The number of nitrogens with zero attached hydrogens (tertiary/aromatic N) is 4. The zero-order chi connectivity index (χ0) is 19.0. The molecule has 8 heteroatoms. The molecule has 0 aliphatic carbocycles. The van der Waals surface area contributed by atoms with E-state index in [0.29, 0.717) is 12.4 Å². The van der Waals surface area contributed by atoms with Gasteiger partial charge >= 0.3 is 0 Å². The van der Waals surface area contributed by atoms with Gasteiger partial charge in [-0.3, -0.25) is 14.7 Å². The van der Waals surface area contributed by atoms with E-state index in [0.717, 1.165) is 30.6 Å². The van der Waals surface area contributed by atoms with E-state index in [4.69, 9.17) is 4.74 Å². The lowest BCUT2D eigenvalue weighted by molar-refractivity contribution is 0.0608. The van der Waals surface area contributed by atoms with Gasteiger partial charge in [-0.2, -0.15) is 9.50 Å². The molecule has 1 aliphatic heterocycles. The zero-order valence-corrected chi connectivity index (χ0v) is 15.3. The van der Waals surface area contributed by atoms with Crippen molar-refractivity contribution in [1.29, 1.82) is 0 Å². The normalized spacial score (nSPS) is 17.3. The topological polar surface area (TPSA) is 92.6 Å². The number of likely N-dealkylation sites (tertiary alicyclic amines) is 1. The summed E-state index contributed by atoms with van der Waals surface area (Å²) >= 11 is 0. The molecule has 1 amide bonds. The first-order valence-corrected chi connectivity index (χ1v) is 8.98. The Morgan fingerprint density at radius 1 is 1.33 bits per heavy atom. The number of benzene rings is 1. The molecule has 4 rings (SSSR count). The molecule has 27 heavy (non-hydrogen) atoms. The second-order valence-corrected chi connectivity index (χ2v) is 6.71. The lowest BCUT2D eigenvalue weighted by Gasteiger charge is -2.36. The molecule has 3 heterocycles. The van der Waals surface area contributed by atoms with Crippen LogP contribution in [0.3, 0.4) is 0 Å². The number of fused-ring (bicyclic) bond motifs is 1. The Bertz CT molecular complexity index is 1050. The van der Waals surface area contributed by atoms with E-state index in [9.17, 15) is 9.59 Å². The van der Waals surface area contributed by atoms with Crippen molar-refractivity contribution in [3.05, 3.63) is 57.8 Å². The summed E-state index contributed by atoms with van der Waals surface area (Å²) in [6.45, 7) is 2.34. The third kappa shape index (κ3) is 3.07. The maximum absolute atomic E-state index is 13.2. The van der Waals surface area contributed by atoms with Crippen LogP contribution in [0.2, 0.25) is 0 Å². The number of carbonyl (C=O) groups is 1. The Kier molecular flexibility index (Phi) is 4.39. The van der Waals surface area contributed by atoms with Crippen molar-refractivity contribution in [2.75, 3.05) is 13.7 Å². The van der Waals surface area contributed by atoms with Gasteiger partial charge in [-0.25, -0.2) is 4.98 Å². The third-order valence-corrected chi connectivity index (χ3v) is 4.96. The van der Waals surface area contributed by atoms with E-state index >= 15 is 0 Å². The van der Waals surface area contributed by atoms with Gasteiger partial charge in [0, 0.05) is 12.7 Å². The Balaban J connectivity index is 1.72. The van der Waals surface area contributed by atoms with Crippen LogP contribution in [0.15, 0.2) is 35.3 Å². The number of amides is 1. The second kappa shape index (κ2) is 6.86. The van der Waals surface area contributed by atoms with Gasteiger partial charge in [-0.05, 0) is 43.9 Å². The van der Waals surface area contributed by atoms with Crippen LogP contribution in [0.5, 0.6) is 5.75 Å². The van der Waals surface area contributed by atoms with Crippen molar-refractivity contribution in [3.63, 3.8) is 0 Å². The molecule has 2 aromatic heterocycles. The summed E-state index contributed by atoms with van der Waals surface area (Å²) in [4.78, 5) is 36.0. The average Bonchev–Trinajstić information content (AvgIpc) is 3.09. The number of hydrogen-bond donors (Lipinski definition) is 1. The maximum atomic E-state index is 13.2. The molecule has 3 aromatic rings. The Morgan fingerprint density at radius 3 is 3.00 bits per heavy atom. The molecule has 1 saturated heterocycles. The van der Waals surface area contributed by atoms with Gasteiger partial charge < -0.3 is 9.64 Å². The minimum absolute atomic E-state index is 0.0472. The van der Waals surface area contributed by atoms with Crippen LogP contribution >= 0.6 is 0 Å². The van der Waals surface area contributed by atoms with Gasteiger partial charge in [0.25, 0.3) is 17.2 Å². The van der Waals surface area contributed by atoms with Crippen LogP contribution < -0.4 is 10.3 Å². The summed E-state index contributed by atoms with van der Waals surface area (Å²) in [5, 5.41) is 2.83. The lowest BCUT2D eigenvalue weighted by atomic mass is 9.94. The van der Waals surface area contributed by atoms with Crippen molar-refractivity contribution in [2.45, 2.75) is 32.2 Å². The highest BCUT2D eigenvalue weighted by molar-refractivity contribution is 5.94. The number of nitrogens with one attached hydrogen (secondary N) is 1. The number of methoxy groups -OCH3 is 1. The van der Waals surface area contributed by atoms with Crippen molar-refractivity contribution >= 4 is 11.7 Å². The largest absolute Gasteiger partial charge is 0.497 e. The maximum Gasteiger partial charge on any atom is 0.286 e. The first-order valence-electron chi connectivity index (χ1n) is 8.98. The van der Waals surface area contributed by atoms with Crippen LogP contribution in [0.25, 0.3) is 5.78 Å². The van der Waals surface area contributed by atoms with Crippen LogP contribution in [-0.2, 0) is 0 Å². The highest BCUT2D eigenvalue weighted by Crippen LogP contribution is 2.33. The molecule has 0 bridgehead atoms. The quantitative estimate of drug-likeness (QED) is 0.765. The van der Waals surface area contributed by atoms with E-state index in [-0.39, 0.29) is 23.3 Å². The van der Waals surface area contributed by atoms with E-state index < -0.39 is 5.56 Å². The molecule has 1 fully saturated rings. The monoisotopic (exact) mass is 367 g/mol. The number of rotatable bonds is 3. The zero-order valence-electron chi connectivity index (χ0n) is 15.3.